The Morgan fingerprint density at radius 2 is 1.88 bits per heavy atom. The van der Waals surface area contributed by atoms with Gasteiger partial charge in [0.1, 0.15) is 5.54 Å². The highest BCUT2D eigenvalue weighted by Crippen LogP contribution is 2.34. The van der Waals surface area contributed by atoms with Gasteiger partial charge in [-0.15, -0.1) is 5.01 Å². The van der Waals surface area contributed by atoms with Crippen molar-refractivity contribution in [2.75, 3.05) is 0 Å². The lowest BCUT2D eigenvalue weighted by Crippen LogP contribution is -2.40. The molecule has 1 saturated heterocycles. The number of nitrogens with one attached hydrogen (secondary N) is 1. The molecular formula is C17H14ClN3O4. The summed E-state index contributed by atoms with van der Waals surface area (Å²) in [7, 11) is 0. The molecule has 0 aliphatic carbocycles. The van der Waals surface area contributed by atoms with Crippen molar-refractivity contribution in [1.82, 2.24) is 10.3 Å². The molecule has 2 aromatic carbocycles. The predicted molar refractivity (Wildman–Crippen MR) is 91.5 cm³/mol. The Kier molecular flexibility index (Phi) is 4.10. The van der Waals surface area contributed by atoms with Crippen LogP contribution in [0.2, 0.25) is 5.02 Å². The summed E-state index contributed by atoms with van der Waals surface area (Å²) < 4.78 is 0. The summed E-state index contributed by atoms with van der Waals surface area (Å²) in [5, 5.41) is 26.1. The van der Waals surface area contributed by atoms with Crippen LogP contribution in [-0.2, 0) is 10.3 Å². The van der Waals surface area contributed by atoms with E-state index < -0.39 is 29.0 Å². The van der Waals surface area contributed by atoms with Crippen LogP contribution in [-0.4, -0.2) is 33.4 Å². The maximum atomic E-state index is 12.7. The van der Waals surface area contributed by atoms with Crippen LogP contribution in [0.25, 0.3) is 0 Å². The van der Waals surface area contributed by atoms with Gasteiger partial charge in [-0.3, -0.25) is 4.79 Å². The molecule has 2 aromatic rings. The van der Waals surface area contributed by atoms with Gasteiger partial charge in [-0.05, 0) is 30.2 Å². The quantitative estimate of drug-likeness (QED) is 0.445. The van der Waals surface area contributed by atoms with E-state index in [1.165, 1.54) is 18.3 Å². The third kappa shape index (κ3) is 2.89. The van der Waals surface area contributed by atoms with Crippen molar-refractivity contribution in [2.45, 2.75) is 12.5 Å². The van der Waals surface area contributed by atoms with Gasteiger partial charge in [-0.25, -0.2) is 4.79 Å². The van der Waals surface area contributed by atoms with E-state index in [-0.39, 0.29) is 5.02 Å². The van der Waals surface area contributed by atoms with Crippen molar-refractivity contribution in [1.29, 1.82) is 0 Å². The van der Waals surface area contributed by atoms with Gasteiger partial charge in [0.15, 0.2) is 11.5 Å². The van der Waals surface area contributed by atoms with Crippen molar-refractivity contribution < 1.29 is 19.8 Å². The lowest BCUT2D eigenvalue weighted by molar-refractivity contribution is -0.131. The summed E-state index contributed by atoms with van der Waals surface area (Å²) in [6.45, 7) is 1.60. The van der Waals surface area contributed by atoms with E-state index in [0.717, 1.165) is 0 Å². The van der Waals surface area contributed by atoms with Gasteiger partial charge in [-0.1, -0.05) is 41.9 Å². The number of rotatable bonds is 3. The monoisotopic (exact) mass is 359 g/mol. The van der Waals surface area contributed by atoms with E-state index in [9.17, 15) is 19.8 Å². The van der Waals surface area contributed by atoms with E-state index >= 15 is 0 Å². The maximum absolute atomic E-state index is 12.7. The molecule has 0 spiro atoms. The minimum absolute atomic E-state index is 0.0761. The van der Waals surface area contributed by atoms with Crippen molar-refractivity contribution in [3.63, 3.8) is 0 Å². The number of hydrogen-bond donors (Lipinski definition) is 3. The summed E-state index contributed by atoms with van der Waals surface area (Å²) in [5.41, 5.74) is -0.268. The van der Waals surface area contributed by atoms with Crippen molar-refractivity contribution >= 4 is 29.8 Å². The highest BCUT2D eigenvalue weighted by atomic mass is 35.5. The number of imide groups is 1. The Balaban J connectivity index is 1.89. The Morgan fingerprint density at radius 3 is 2.52 bits per heavy atom. The molecule has 3 rings (SSSR count). The van der Waals surface area contributed by atoms with Crippen LogP contribution in [0, 0.1) is 0 Å². The fourth-order valence-electron chi connectivity index (χ4n) is 2.50. The van der Waals surface area contributed by atoms with Crippen molar-refractivity contribution in [3.05, 3.63) is 58.6 Å². The lowest BCUT2D eigenvalue weighted by atomic mass is 9.92. The molecule has 3 amide bonds. The second-order valence-corrected chi connectivity index (χ2v) is 6.06. The second kappa shape index (κ2) is 6.10. The van der Waals surface area contributed by atoms with Gasteiger partial charge in [0.25, 0.3) is 5.91 Å². The number of hydrogen-bond acceptors (Lipinski definition) is 5. The molecule has 25 heavy (non-hydrogen) atoms. The maximum Gasteiger partial charge on any atom is 0.346 e. The predicted octanol–water partition coefficient (Wildman–Crippen LogP) is 2.55. The molecule has 0 saturated carbocycles. The number of carbonyl (C=O) groups excluding carboxylic acids is 2. The summed E-state index contributed by atoms with van der Waals surface area (Å²) in [6, 6.07) is 10.7. The summed E-state index contributed by atoms with van der Waals surface area (Å²) in [5.74, 6) is -1.42. The standard InChI is InChI=1S/C17H14ClN3O4/c1-17(11-5-3-2-4-6-11)15(24)21(16(25)20-17)19-9-10-7-12(18)14(23)13(22)8-10/h2-9,22-23H,1H3,(H,20,25)/b19-9+/t17-/m0/s1. The van der Waals surface area contributed by atoms with Crippen LogP contribution in [0.4, 0.5) is 4.79 Å². The molecule has 3 N–H and O–H groups in total. The highest BCUT2D eigenvalue weighted by Gasteiger charge is 2.49. The molecule has 7 nitrogen and oxygen atoms in total. The zero-order valence-electron chi connectivity index (χ0n) is 13.1. The van der Waals surface area contributed by atoms with Crippen LogP contribution in [0.15, 0.2) is 47.6 Å². The first-order chi connectivity index (χ1) is 11.8. The number of phenols is 2. The van der Waals surface area contributed by atoms with Gasteiger partial charge in [0.2, 0.25) is 0 Å². The third-order valence-electron chi connectivity index (χ3n) is 3.91. The minimum Gasteiger partial charge on any atom is -0.504 e. The number of hydrazone groups is 1. The molecule has 8 heteroatoms. The molecular weight excluding hydrogens is 346 g/mol. The van der Waals surface area contributed by atoms with Crippen LogP contribution >= 0.6 is 11.6 Å². The first kappa shape index (κ1) is 16.8. The molecule has 1 heterocycles. The van der Waals surface area contributed by atoms with Gasteiger partial charge < -0.3 is 15.5 Å². The number of halogens is 1. The van der Waals surface area contributed by atoms with E-state index in [1.807, 2.05) is 6.07 Å². The molecule has 1 fully saturated rings. The number of phenolic OH excluding ortho intramolecular Hbond substituents is 2. The third-order valence-corrected chi connectivity index (χ3v) is 4.20. The van der Waals surface area contributed by atoms with Crippen LogP contribution in [0.3, 0.4) is 0 Å². The van der Waals surface area contributed by atoms with Crippen molar-refractivity contribution in [2.24, 2.45) is 5.10 Å². The summed E-state index contributed by atoms with van der Waals surface area (Å²) in [6.07, 6.45) is 1.19. The number of nitrogens with zero attached hydrogens (tertiary/aromatic N) is 2. The van der Waals surface area contributed by atoms with Crippen LogP contribution < -0.4 is 5.32 Å². The van der Waals surface area contributed by atoms with E-state index in [1.54, 1.807) is 31.2 Å². The van der Waals surface area contributed by atoms with Crippen LogP contribution in [0.5, 0.6) is 11.5 Å². The minimum atomic E-state index is -1.22. The van der Waals surface area contributed by atoms with Gasteiger partial charge in [0, 0.05) is 0 Å². The Bertz CT molecular complexity index is 862. The Morgan fingerprint density at radius 1 is 1.20 bits per heavy atom. The van der Waals surface area contributed by atoms with Gasteiger partial charge >= 0.3 is 6.03 Å². The number of benzene rings is 2. The molecule has 128 valence electrons. The van der Waals surface area contributed by atoms with Gasteiger partial charge in [0.05, 0.1) is 11.2 Å². The number of carbonyl (C=O) groups is 2. The number of aromatic hydroxyl groups is 2. The molecule has 1 aliphatic heterocycles. The Labute approximate surface area is 148 Å². The SMILES string of the molecule is C[C@@]1(c2ccccc2)NC(=O)N(/N=C/c2cc(O)c(O)c(Cl)c2)C1=O. The molecule has 0 unspecified atom stereocenters. The fourth-order valence-corrected chi connectivity index (χ4v) is 2.72. The molecule has 1 aliphatic rings. The molecule has 1 atom stereocenters. The summed E-state index contributed by atoms with van der Waals surface area (Å²) >= 11 is 5.77. The smallest absolute Gasteiger partial charge is 0.346 e. The normalized spacial score (nSPS) is 20.3. The summed E-state index contributed by atoms with van der Waals surface area (Å²) in [4.78, 5) is 24.8. The first-order valence-electron chi connectivity index (χ1n) is 7.30. The van der Waals surface area contributed by atoms with E-state index in [4.69, 9.17) is 11.6 Å². The topological polar surface area (TPSA) is 102 Å². The molecule has 0 radical (unpaired) electrons. The zero-order chi connectivity index (χ0) is 18.2. The average Bonchev–Trinajstić information content (AvgIpc) is 2.81. The lowest BCUT2D eigenvalue weighted by Gasteiger charge is -2.20. The van der Waals surface area contributed by atoms with Crippen LogP contribution in [0.1, 0.15) is 18.1 Å². The molecule has 0 bridgehead atoms. The molecule has 0 aromatic heterocycles. The average molecular weight is 360 g/mol. The highest BCUT2D eigenvalue weighted by molar-refractivity contribution is 6.32. The largest absolute Gasteiger partial charge is 0.504 e. The first-order valence-corrected chi connectivity index (χ1v) is 7.68. The Hall–Kier alpha value is -3.06. The zero-order valence-corrected chi connectivity index (χ0v) is 13.9. The number of urea groups is 1. The fraction of sp³-hybridized carbons (Fsp3) is 0.118. The van der Waals surface area contributed by atoms with Gasteiger partial charge in [-0.2, -0.15) is 5.10 Å². The number of amides is 3. The second-order valence-electron chi connectivity index (χ2n) is 5.65. The van der Waals surface area contributed by atoms with Crippen molar-refractivity contribution in [3.8, 4) is 11.5 Å². The van der Waals surface area contributed by atoms with E-state index in [0.29, 0.717) is 16.1 Å². The van der Waals surface area contributed by atoms with E-state index in [2.05, 4.69) is 10.4 Å².